The molecule has 0 heterocycles. The molecular weight excluding hydrogens is 358 g/mol. The van der Waals surface area contributed by atoms with Gasteiger partial charge in [-0.3, -0.25) is 14.9 Å². The number of carbonyl (C=O) groups is 1. The molecule has 0 unspecified atom stereocenters. The Balaban J connectivity index is 1.59. The van der Waals surface area contributed by atoms with Crippen molar-refractivity contribution in [3.8, 4) is 11.5 Å². The van der Waals surface area contributed by atoms with E-state index in [1.165, 1.54) is 12.3 Å². The van der Waals surface area contributed by atoms with Crippen molar-refractivity contribution in [2.45, 2.75) is 6.42 Å². The van der Waals surface area contributed by atoms with Crippen molar-refractivity contribution < 1.29 is 14.5 Å². The number of benzene rings is 3. The zero-order valence-corrected chi connectivity index (χ0v) is 14.8. The Morgan fingerprint density at radius 2 is 1.71 bits per heavy atom. The monoisotopic (exact) mass is 375 g/mol. The molecule has 1 amide bonds. The minimum atomic E-state index is -0.510. The van der Waals surface area contributed by atoms with Crippen molar-refractivity contribution in [3.63, 3.8) is 0 Å². The van der Waals surface area contributed by atoms with Crippen molar-refractivity contribution in [3.05, 3.63) is 100 Å². The third-order valence-corrected chi connectivity index (χ3v) is 3.78. The summed E-state index contributed by atoms with van der Waals surface area (Å²) in [6.07, 6.45) is 1.35. The second kappa shape index (κ2) is 9.09. The lowest BCUT2D eigenvalue weighted by Gasteiger charge is -2.05. The molecule has 0 saturated carbocycles. The molecule has 0 atom stereocenters. The maximum atomic E-state index is 12.0. The molecule has 7 nitrogen and oxygen atoms in total. The molecule has 1 N–H and O–H groups in total. The van der Waals surface area contributed by atoms with Gasteiger partial charge < -0.3 is 4.74 Å². The highest BCUT2D eigenvalue weighted by atomic mass is 16.6. The number of hydrazone groups is 1. The van der Waals surface area contributed by atoms with Crippen molar-refractivity contribution in [1.29, 1.82) is 0 Å². The number of para-hydroxylation sites is 2. The third kappa shape index (κ3) is 5.25. The van der Waals surface area contributed by atoms with E-state index in [4.69, 9.17) is 4.74 Å². The SMILES string of the molecule is O=C(Cc1ccccc1[N+](=O)[O-])N/N=C/c1cccc(Oc2ccccc2)c1. The molecule has 3 aromatic rings. The molecule has 0 aromatic heterocycles. The second-order valence-electron chi connectivity index (χ2n) is 5.84. The zero-order chi connectivity index (χ0) is 19.8. The van der Waals surface area contributed by atoms with Gasteiger partial charge in [-0.25, -0.2) is 5.43 Å². The first kappa shape index (κ1) is 18.8. The fourth-order valence-corrected chi connectivity index (χ4v) is 2.51. The van der Waals surface area contributed by atoms with E-state index in [-0.39, 0.29) is 12.1 Å². The number of hydrogen-bond acceptors (Lipinski definition) is 5. The van der Waals surface area contributed by atoms with Crippen LogP contribution in [0.1, 0.15) is 11.1 Å². The Kier molecular flexibility index (Phi) is 6.10. The van der Waals surface area contributed by atoms with Crippen molar-refractivity contribution in [2.75, 3.05) is 0 Å². The number of carbonyl (C=O) groups excluding carboxylic acids is 1. The van der Waals surface area contributed by atoms with Gasteiger partial charge in [0.05, 0.1) is 17.6 Å². The van der Waals surface area contributed by atoms with Gasteiger partial charge in [-0.05, 0) is 29.8 Å². The van der Waals surface area contributed by atoms with Crippen LogP contribution in [0, 0.1) is 10.1 Å². The summed E-state index contributed by atoms with van der Waals surface area (Å²) in [6.45, 7) is 0. The second-order valence-corrected chi connectivity index (χ2v) is 5.84. The summed E-state index contributed by atoms with van der Waals surface area (Å²) in [5.41, 5.74) is 3.36. The first-order chi connectivity index (χ1) is 13.6. The number of ether oxygens (including phenoxy) is 1. The lowest BCUT2D eigenvalue weighted by Crippen LogP contribution is -2.20. The van der Waals surface area contributed by atoms with Gasteiger partial charge in [0.1, 0.15) is 11.5 Å². The average Bonchev–Trinajstić information content (AvgIpc) is 2.69. The van der Waals surface area contributed by atoms with Crippen LogP contribution in [0.3, 0.4) is 0 Å². The molecule has 0 aliphatic carbocycles. The number of nitro groups is 1. The van der Waals surface area contributed by atoms with E-state index in [0.717, 1.165) is 5.56 Å². The van der Waals surface area contributed by atoms with Gasteiger partial charge in [-0.2, -0.15) is 5.10 Å². The molecule has 0 bridgehead atoms. The van der Waals surface area contributed by atoms with Gasteiger partial charge in [0.25, 0.3) is 5.69 Å². The summed E-state index contributed by atoms with van der Waals surface area (Å²) in [5.74, 6) is 0.915. The smallest absolute Gasteiger partial charge is 0.273 e. The standard InChI is InChI=1S/C21H17N3O4/c25-21(14-17-8-4-5-12-20(17)24(26)27)23-22-15-16-7-6-11-19(13-16)28-18-9-2-1-3-10-18/h1-13,15H,14H2,(H,23,25)/b22-15+. The van der Waals surface area contributed by atoms with Gasteiger partial charge in [0.2, 0.25) is 5.91 Å². The summed E-state index contributed by atoms with van der Waals surface area (Å²) in [4.78, 5) is 22.5. The number of nitro benzene ring substituents is 1. The van der Waals surface area contributed by atoms with Gasteiger partial charge in [-0.1, -0.05) is 48.5 Å². The highest BCUT2D eigenvalue weighted by Gasteiger charge is 2.14. The van der Waals surface area contributed by atoms with Crippen molar-refractivity contribution in [1.82, 2.24) is 5.43 Å². The molecule has 0 spiro atoms. The van der Waals surface area contributed by atoms with Crippen molar-refractivity contribution >= 4 is 17.8 Å². The van der Waals surface area contributed by atoms with Crippen LogP contribution < -0.4 is 10.2 Å². The Hall–Kier alpha value is -4.00. The van der Waals surface area contributed by atoms with Gasteiger partial charge in [-0.15, -0.1) is 0 Å². The molecule has 0 fully saturated rings. The van der Waals surface area contributed by atoms with Gasteiger partial charge in [0.15, 0.2) is 0 Å². The summed E-state index contributed by atoms with van der Waals surface area (Å²) < 4.78 is 5.75. The molecular formula is C21H17N3O4. The van der Waals surface area contributed by atoms with E-state index in [0.29, 0.717) is 17.1 Å². The van der Waals surface area contributed by atoms with E-state index in [9.17, 15) is 14.9 Å². The Labute approximate surface area is 161 Å². The topological polar surface area (TPSA) is 93.8 Å². The maximum Gasteiger partial charge on any atom is 0.273 e. The first-order valence-electron chi connectivity index (χ1n) is 8.49. The van der Waals surface area contributed by atoms with Gasteiger partial charge >= 0.3 is 0 Å². The first-order valence-corrected chi connectivity index (χ1v) is 8.49. The van der Waals surface area contributed by atoms with E-state index < -0.39 is 10.8 Å². The Morgan fingerprint density at radius 1 is 1.00 bits per heavy atom. The largest absolute Gasteiger partial charge is 0.457 e. The number of rotatable bonds is 7. The van der Waals surface area contributed by atoms with Crippen LogP contribution in [-0.4, -0.2) is 17.0 Å². The van der Waals surface area contributed by atoms with E-state index in [1.807, 2.05) is 48.5 Å². The number of amides is 1. The highest BCUT2D eigenvalue weighted by molar-refractivity contribution is 5.84. The Morgan fingerprint density at radius 3 is 2.50 bits per heavy atom. The predicted molar refractivity (Wildman–Crippen MR) is 105 cm³/mol. The number of nitrogens with one attached hydrogen (secondary N) is 1. The molecule has 3 aromatic carbocycles. The quantitative estimate of drug-likeness (QED) is 0.382. The van der Waals surface area contributed by atoms with Gasteiger partial charge in [0, 0.05) is 11.6 Å². The molecule has 0 aliphatic heterocycles. The minimum absolute atomic E-state index is 0.0904. The number of nitrogens with zero attached hydrogens (tertiary/aromatic N) is 2. The van der Waals surface area contributed by atoms with Crippen LogP contribution in [0.5, 0.6) is 11.5 Å². The zero-order valence-electron chi connectivity index (χ0n) is 14.8. The summed E-state index contributed by atoms with van der Waals surface area (Å²) in [6, 6.07) is 22.7. The predicted octanol–water partition coefficient (Wildman–Crippen LogP) is 4.08. The maximum absolute atomic E-state index is 12.0. The van der Waals surface area contributed by atoms with Crippen LogP contribution in [0.25, 0.3) is 0 Å². The van der Waals surface area contributed by atoms with Crippen molar-refractivity contribution in [2.24, 2.45) is 5.10 Å². The van der Waals surface area contributed by atoms with Crippen LogP contribution in [0.2, 0.25) is 0 Å². The average molecular weight is 375 g/mol. The fourth-order valence-electron chi connectivity index (χ4n) is 2.51. The van der Waals surface area contributed by atoms with E-state index >= 15 is 0 Å². The molecule has 3 rings (SSSR count). The molecule has 0 saturated heterocycles. The van der Waals surface area contributed by atoms with E-state index in [1.54, 1.807) is 24.3 Å². The molecule has 0 aliphatic rings. The van der Waals surface area contributed by atoms with Crippen LogP contribution in [0.4, 0.5) is 5.69 Å². The van der Waals surface area contributed by atoms with Crippen LogP contribution in [0.15, 0.2) is 84.0 Å². The van der Waals surface area contributed by atoms with E-state index in [2.05, 4.69) is 10.5 Å². The van der Waals surface area contributed by atoms with Crippen LogP contribution >= 0.6 is 0 Å². The summed E-state index contributed by atoms with van der Waals surface area (Å²) in [5, 5.41) is 14.9. The summed E-state index contributed by atoms with van der Waals surface area (Å²) >= 11 is 0. The summed E-state index contributed by atoms with van der Waals surface area (Å²) in [7, 11) is 0. The molecule has 28 heavy (non-hydrogen) atoms. The normalized spacial score (nSPS) is 10.6. The fraction of sp³-hybridized carbons (Fsp3) is 0.0476. The Bertz CT molecular complexity index is 1000. The van der Waals surface area contributed by atoms with Crippen LogP contribution in [-0.2, 0) is 11.2 Å². The number of hydrogen-bond donors (Lipinski definition) is 1. The minimum Gasteiger partial charge on any atom is -0.457 e. The third-order valence-electron chi connectivity index (χ3n) is 3.78. The molecule has 7 heteroatoms. The highest BCUT2D eigenvalue weighted by Crippen LogP contribution is 2.21. The molecule has 140 valence electrons. The lowest BCUT2D eigenvalue weighted by atomic mass is 10.1. The molecule has 0 radical (unpaired) electrons. The lowest BCUT2D eigenvalue weighted by molar-refractivity contribution is -0.385.